The molecule has 7 heteroatoms. The number of amides is 1. The van der Waals surface area contributed by atoms with E-state index in [1.165, 1.54) is 12.0 Å². The first-order chi connectivity index (χ1) is 8.95. The molecular weight excluding hydrogens is 268 g/mol. The topological polar surface area (TPSA) is 68.6 Å². The fraction of sp³-hybridized carbons (Fsp3) is 0.583. The maximum absolute atomic E-state index is 11.7. The van der Waals surface area contributed by atoms with E-state index in [1.54, 1.807) is 17.0 Å². The quantitative estimate of drug-likeness (QED) is 0.719. The third kappa shape index (κ3) is 4.51. The van der Waals surface area contributed by atoms with Gasteiger partial charge in [0.2, 0.25) is 5.91 Å². The Labute approximate surface area is 115 Å². The van der Waals surface area contributed by atoms with Crippen molar-refractivity contribution in [3.8, 4) is 0 Å². The third-order valence-electron chi connectivity index (χ3n) is 2.77. The average molecular weight is 286 g/mol. The number of thiazole rings is 1. The monoisotopic (exact) mass is 286 g/mol. The fourth-order valence-electron chi connectivity index (χ4n) is 1.60. The molecule has 106 valence electrons. The maximum Gasteiger partial charge on any atom is 0.325 e. The zero-order valence-electron chi connectivity index (χ0n) is 11.3. The van der Waals surface area contributed by atoms with Crippen molar-refractivity contribution in [1.82, 2.24) is 9.47 Å². The van der Waals surface area contributed by atoms with E-state index in [0.717, 1.165) is 17.0 Å². The van der Waals surface area contributed by atoms with Crippen molar-refractivity contribution in [2.45, 2.75) is 26.3 Å². The number of carbonyl (C=O) groups is 2. The Bertz CT molecular complexity index is 506. The van der Waals surface area contributed by atoms with Crippen LogP contribution in [0.3, 0.4) is 0 Å². The summed E-state index contributed by atoms with van der Waals surface area (Å²) in [7, 11) is 2.84. The molecule has 0 N–H and O–H groups in total. The first-order valence-corrected chi connectivity index (χ1v) is 6.79. The van der Waals surface area contributed by atoms with E-state index in [9.17, 15) is 14.4 Å². The van der Waals surface area contributed by atoms with E-state index in [2.05, 4.69) is 4.74 Å². The van der Waals surface area contributed by atoms with Crippen molar-refractivity contribution in [3.63, 3.8) is 0 Å². The van der Waals surface area contributed by atoms with E-state index in [1.807, 2.05) is 6.92 Å². The molecule has 0 unspecified atom stereocenters. The molecule has 0 spiro atoms. The molecule has 1 aromatic heterocycles. The van der Waals surface area contributed by atoms with E-state index < -0.39 is 5.97 Å². The summed E-state index contributed by atoms with van der Waals surface area (Å²) in [5.41, 5.74) is 0.908. The molecule has 0 fully saturated rings. The number of rotatable bonds is 6. The number of likely N-dealkylation sites (N-methyl/N-ethyl adjacent to an activating group) is 1. The molecule has 0 bridgehead atoms. The smallest absolute Gasteiger partial charge is 0.325 e. The van der Waals surface area contributed by atoms with Gasteiger partial charge in [0, 0.05) is 31.1 Å². The predicted molar refractivity (Wildman–Crippen MR) is 72.2 cm³/mol. The Hall–Kier alpha value is -1.63. The van der Waals surface area contributed by atoms with Gasteiger partial charge in [-0.2, -0.15) is 0 Å². The largest absolute Gasteiger partial charge is 0.468 e. The van der Waals surface area contributed by atoms with Crippen LogP contribution in [0.15, 0.2) is 10.2 Å². The van der Waals surface area contributed by atoms with Gasteiger partial charge in [0.05, 0.1) is 7.11 Å². The maximum atomic E-state index is 11.7. The van der Waals surface area contributed by atoms with Gasteiger partial charge in [0.25, 0.3) is 0 Å². The van der Waals surface area contributed by atoms with Gasteiger partial charge in [-0.05, 0) is 13.3 Å². The summed E-state index contributed by atoms with van der Waals surface area (Å²) in [5.74, 6) is -0.577. The average Bonchev–Trinajstić information content (AvgIpc) is 2.69. The highest BCUT2D eigenvalue weighted by atomic mass is 32.1. The second kappa shape index (κ2) is 7.08. The molecule has 0 atom stereocenters. The first-order valence-electron chi connectivity index (χ1n) is 5.91. The Morgan fingerprint density at radius 3 is 2.68 bits per heavy atom. The molecule has 0 aromatic carbocycles. The lowest BCUT2D eigenvalue weighted by Gasteiger charge is -2.15. The molecule has 1 heterocycles. The summed E-state index contributed by atoms with van der Waals surface area (Å²) in [5, 5.41) is 1.80. The van der Waals surface area contributed by atoms with Gasteiger partial charge in [0.15, 0.2) is 0 Å². The van der Waals surface area contributed by atoms with Crippen LogP contribution in [0.4, 0.5) is 0 Å². The molecule has 0 aliphatic rings. The number of aromatic nitrogens is 1. The molecule has 1 aromatic rings. The van der Waals surface area contributed by atoms with Crippen molar-refractivity contribution < 1.29 is 14.3 Å². The number of aryl methyl sites for hydroxylation is 1. The minimum Gasteiger partial charge on any atom is -0.468 e. The molecule has 19 heavy (non-hydrogen) atoms. The summed E-state index contributed by atoms with van der Waals surface area (Å²) >= 11 is 1.16. The Morgan fingerprint density at radius 1 is 1.47 bits per heavy atom. The minimum absolute atomic E-state index is 0.00661. The Morgan fingerprint density at radius 2 is 2.16 bits per heavy atom. The number of esters is 1. The zero-order valence-corrected chi connectivity index (χ0v) is 12.2. The highest BCUT2D eigenvalue weighted by Crippen LogP contribution is 2.03. The number of hydrogen-bond acceptors (Lipinski definition) is 5. The molecule has 0 radical (unpaired) electrons. The van der Waals surface area contributed by atoms with Crippen LogP contribution in [0.25, 0.3) is 0 Å². The van der Waals surface area contributed by atoms with Gasteiger partial charge in [-0.15, -0.1) is 0 Å². The second-order valence-corrected chi connectivity index (χ2v) is 5.04. The van der Waals surface area contributed by atoms with Crippen LogP contribution < -0.4 is 4.87 Å². The van der Waals surface area contributed by atoms with Crippen molar-refractivity contribution >= 4 is 23.2 Å². The van der Waals surface area contributed by atoms with Gasteiger partial charge in [0.1, 0.15) is 6.54 Å². The minimum atomic E-state index is -0.444. The highest BCUT2D eigenvalue weighted by Gasteiger charge is 2.13. The third-order valence-corrected chi connectivity index (χ3v) is 3.65. The Balaban J connectivity index is 2.39. The normalized spacial score (nSPS) is 10.3. The summed E-state index contributed by atoms with van der Waals surface area (Å²) in [6, 6.07) is 0. The van der Waals surface area contributed by atoms with Crippen molar-refractivity contribution in [1.29, 1.82) is 0 Å². The van der Waals surface area contributed by atoms with Crippen LogP contribution in [-0.4, -0.2) is 42.0 Å². The molecule has 0 saturated heterocycles. The number of carbonyl (C=O) groups excluding carboxylic acids is 2. The molecule has 0 aliphatic heterocycles. The number of nitrogens with zero attached hydrogens (tertiary/aromatic N) is 2. The van der Waals surface area contributed by atoms with E-state index in [0.29, 0.717) is 19.4 Å². The van der Waals surface area contributed by atoms with Gasteiger partial charge >= 0.3 is 10.8 Å². The molecular formula is C12H18N2O4S. The van der Waals surface area contributed by atoms with E-state index >= 15 is 0 Å². The number of ether oxygens (including phenoxy) is 1. The summed E-state index contributed by atoms with van der Waals surface area (Å²) < 4.78 is 6.14. The lowest BCUT2D eigenvalue weighted by molar-refractivity contribution is -0.146. The lowest BCUT2D eigenvalue weighted by Crippen LogP contribution is -2.32. The standard InChI is InChI=1S/C12H18N2O4S/c1-9-8-19-12(17)14(9)6-4-5-10(15)13(2)7-11(16)18-3/h8H,4-7H2,1-3H3. The fourth-order valence-corrected chi connectivity index (χ4v) is 2.36. The summed E-state index contributed by atoms with van der Waals surface area (Å²) in [6.07, 6.45) is 0.872. The predicted octanol–water partition coefficient (Wildman–Crippen LogP) is 0.630. The zero-order chi connectivity index (χ0) is 14.4. The molecule has 6 nitrogen and oxygen atoms in total. The van der Waals surface area contributed by atoms with E-state index in [-0.39, 0.29) is 17.3 Å². The van der Waals surface area contributed by atoms with Crippen LogP contribution in [0.2, 0.25) is 0 Å². The molecule has 0 aliphatic carbocycles. The van der Waals surface area contributed by atoms with Crippen LogP contribution in [0, 0.1) is 6.92 Å². The Kier molecular flexibility index (Phi) is 5.75. The van der Waals surface area contributed by atoms with Gasteiger partial charge < -0.3 is 14.2 Å². The molecule has 0 saturated carbocycles. The van der Waals surface area contributed by atoms with Crippen LogP contribution in [0.5, 0.6) is 0 Å². The molecule has 1 amide bonds. The number of methoxy groups -OCH3 is 1. The van der Waals surface area contributed by atoms with Crippen molar-refractivity contribution in [2.24, 2.45) is 0 Å². The van der Waals surface area contributed by atoms with Gasteiger partial charge in [-0.1, -0.05) is 11.3 Å². The summed E-state index contributed by atoms with van der Waals surface area (Å²) in [6.45, 7) is 2.34. The van der Waals surface area contributed by atoms with Crippen LogP contribution in [-0.2, 0) is 20.9 Å². The van der Waals surface area contributed by atoms with Crippen molar-refractivity contribution in [3.05, 3.63) is 20.7 Å². The van der Waals surface area contributed by atoms with Gasteiger partial charge in [-0.25, -0.2) is 0 Å². The lowest BCUT2D eigenvalue weighted by atomic mass is 10.2. The number of hydrogen-bond donors (Lipinski definition) is 0. The van der Waals surface area contributed by atoms with Gasteiger partial charge in [-0.3, -0.25) is 14.4 Å². The van der Waals surface area contributed by atoms with Crippen LogP contribution in [0.1, 0.15) is 18.5 Å². The van der Waals surface area contributed by atoms with E-state index in [4.69, 9.17) is 0 Å². The summed E-state index contributed by atoms with van der Waals surface area (Å²) in [4.78, 5) is 35.5. The first kappa shape index (κ1) is 15.4. The second-order valence-electron chi connectivity index (χ2n) is 4.22. The highest BCUT2D eigenvalue weighted by molar-refractivity contribution is 7.07. The molecule has 1 rings (SSSR count). The van der Waals surface area contributed by atoms with Crippen LogP contribution >= 0.6 is 11.3 Å². The SMILES string of the molecule is COC(=O)CN(C)C(=O)CCCn1c(C)csc1=O. The van der Waals surface area contributed by atoms with Crippen molar-refractivity contribution in [2.75, 3.05) is 20.7 Å².